The Balaban J connectivity index is 1.56. The number of benzene rings is 1. The molecule has 0 aliphatic carbocycles. The van der Waals surface area contributed by atoms with Gasteiger partial charge in [0.1, 0.15) is 12.7 Å². The first kappa shape index (κ1) is 13.5. The molecule has 4 rings (SSSR count). The van der Waals surface area contributed by atoms with Crippen LogP contribution in [0.15, 0.2) is 36.9 Å². The third-order valence-electron chi connectivity index (χ3n) is 5.02. The molecule has 1 aromatic carbocycles. The van der Waals surface area contributed by atoms with Crippen molar-refractivity contribution >= 4 is 5.91 Å². The highest BCUT2D eigenvalue weighted by molar-refractivity contribution is 5.95. The van der Waals surface area contributed by atoms with E-state index in [4.69, 9.17) is 0 Å². The van der Waals surface area contributed by atoms with Gasteiger partial charge in [0.05, 0.1) is 6.04 Å². The molecule has 2 bridgehead atoms. The van der Waals surface area contributed by atoms with Crippen LogP contribution in [0.2, 0.25) is 0 Å². The van der Waals surface area contributed by atoms with Gasteiger partial charge in [-0.15, -0.1) is 0 Å². The van der Waals surface area contributed by atoms with Crippen molar-refractivity contribution in [3.8, 4) is 0 Å². The fourth-order valence-electron chi connectivity index (χ4n) is 4.03. The van der Waals surface area contributed by atoms with Gasteiger partial charge in [0, 0.05) is 17.6 Å². The number of nitrogens with zero attached hydrogens (tertiary/aromatic N) is 4. The second kappa shape index (κ2) is 5.23. The molecule has 0 radical (unpaired) electrons. The first-order chi connectivity index (χ1) is 10.7. The molecule has 5 nitrogen and oxygen atoms in total. The van der Waals surface area contributed by atoms with E-state index in [0.29, 0.717) is 18.1 Å². The zero-order valence-corrected chi connectivity index (χ0v) is 12.7. The first-order valence-corrected chi connectivity index (χ1v) is 7.96. The Labute approximate surface area is 130 Å². The molecule has 2 fully saturated rings. The summed E-state index contributed by atoms with van der Waals surface area (Å²) in [6.07, 6.45) is 7.56. The predicted molar refractivity (Wildman–Crippen MR) is 82.5 cm³/mol. The van der Waals surface area contributed by atoms with Gasteiger partial charge >= 0.3 is 0 Å². The smallest absolute Gasteiger partial charge is 0.254 e. The average molecular weight is 296 g/mol. The van der Waals surface area contributed by atoms with Crippen LogP contribution in [-0.4, -0.2) is 37.7 Å². The summed E-state index contributed by atoms with van der Waals surface area (Å²) in [5, 5.41) is 4.28. The Kier molecular flexibility index (Phi) is 3.21. The Morgan fingerprint density at radius 1 is 1.18 bits per heavy atom. The van der Waals surface area contributed by atoms with Gasteiger partial charge in [0.15, 0.2) is 0 Å². The van der Waals surface area contributed by atoms with E-state index in [2.05, 4.69) is 15.0 Å². The molecule has 0 N–H and O–H groups in total. The van der Waals surface area contributed by atoms with Crippen molar-refractivity contribution in [1.82, 2.24) is 19.7 Å². The SMILES string of the molecule is Cc1cccc(C(=O)N2C3CCC2CC(n2cncn2)C3)c1. The zero-order valence-electron chi connectivity index (χ0n) is 12.7. The number of aromatic nitrogens is 3. The largest absolute Gasteiger partial charge is 0.333 e. The number of aryl methyl sites for hydroxylation is 1. The number of carbonyl (C=O) groups is 1. The summed E-state index contributed by atoms with van der Waals surface area (Å²) in [7, 11) is 0. The lowest BCUT2D eigenvalue weighted by Gasteiger charge is -2.39. The molecule has 2 aliphatic rings. The fourth-order valence-corrected chi connectivity index (χ4v) is 4.03. The summed E-state index contributed by atoms with van der Waals surface area (Å²) in [6.45, 7) is 2.03. The molecule has 2 atom stereocenters. The van der Waals surface area contributed by atoms with Crippen LogP contribution in [0.1, 0.15) is 47.6 Å². The third kappa shape index (κ3) is 2.21. The van der Waals surface area contributed by atoms with Crippen molar-refractivity contribution in [1.29, 1.82) is 0 Å². The number of fused-ring (bicyclic) bond motifs is 2. The molecule has 5 heteroatoms. The van der Waals surface area contributed by atoms with Crippen LogP contribution in [0.3, 0.4) is 0 Å². The summed E-state index contributed by atoms with van der Waals surface area (Å²) >= 11 is 0. The minimum atomic E-state index is 0.188. The van der Waals surface area contributed by atoms with Crippen LogP contribution in [0.5, 0.6) is 0 Å². The lowest BCUT2D eigenvalue weighted by atomic mass is 9.96. The van der Waals surface area contributed by atoms with E-state index in [1.807, 2.05) is 35.9 Å². The summed E-state index contributed by atoms with van der Waals surface area (Å²) in [5.74, 6) is 0.188. The van der Waals surface area contributed by atoms with Gasteiger partial charge in [-0.3, -0.25) is 4.79 Å². The zero-order chi connectivity index (χ0) is 15.1. The summed E-state index contributed by atoms with van der Waals surface area (Å²) in [5.41, 5.74) is 1.95. The molecule has 2 unspecified atom stereocenters. The number of piperidine rings is 1. The second-order valence-electron chi connectivity index (χ2n) is 6.47. The molecule has 1 amide bonds. The summed E-state index contributed by atoms with van der Waals surface area (Å²) < 4.78 is 1.96. The number of hydrogen-bond acceptors (Lipinski definition) is 3. The molecular weight excluding hydrogens is 276 g/mol. The Hall–Kier alpha value is -2.17. The van der Waals surface area contributed by atoms with Gasteiger partial charge < -0.3 is 4.90 Å². The number of hydrogen-bond donors (Lipinski definition) is 0. The lowest BCUT2D eigenvalue weighted by molar-refractivity contribution is 0.0524. The number of rotatable bonds is 2. The van der Waals surface area contributed by atoms with E-state index in [1.165, 1.54) is 0 Å². The van der Waals surface area contributed by atoms with Crippen LogP contribution in [-0.2, 0) is 0 Å². The first-order valence-electron chi connectivity index (χ1n) is 7.96. The van der Waals surface area contributed by atoms with E-state index in [0.717, 1.165) is 36.8 Å². The Morgan fingerprint density at radius 3 is 2.59 bits per heavy atom. The van der Waals surface area contributed by atoms with Gasteiger partial charge in [-0.25, -0.2) is 9.67 Å². The molecule has 1 aromatic heterocycles. The molecule has 0 spiro atoms. The molecule has 0 saturated carbocycles. The van der Waals surface area contributed by atoms with Crippen LogP contribution >= 0.6 is 0 Å². The van der Waals surface area contributed by atoms with Crippen molar-refractivity contribution in [2.45, 2.75) is 50.7 Å². The molecule has 2 saturated heterocycles. The predicted octanol–water partition coefficient (Wildman–Crippen LogP) is 2.59. The molecule has 22 heavy (non-hydrogen) atoms. The topological polar surface area (TPSA) is 51.0 Å². The van der Waals surface area contributed by atoms with Crippen molar-refractivity contribution in [2.24, 2.45) is 0 Å². The van der Waals surface area contributed by atoms with Crippen LogP contribution in [0.25, 0.3) is 0 Å². The van der Waals surface area contributed by atoms with Gasteiger partial charge in [-0.1, -0.05) is 17.7 Å². The molecule has 114 valence electrons. The highest BCUT2D eigenvalue weighted by Gasteiger charge is 2.44. The van der Waals surface area contributed by atoms with Crippen molar-refractivity contribution in [3.05, 3.63) is 48.0 Å². The monoisotopic (exact) mass is 296 g/mol. The van der Waals surface area contributed by atoms with E-state index >= 15 is 0 Å². The van der Waals surface area contributed by atoms with Gasteiger partial charge in [-0.2, -0.15) is 5.10 Å². The molecule has 2 aliphatic heterocycles. The third-order valence-corrected chi connectivity index (χ3v) is 5.02. The van der Waals surface area contributed by atoms with E-state index < -0.39 is 0 Å². The second-order valence-corrected chi connectivity index (χ2v) is 6.47. The average Bonchev–Trinajstić information content (AvgIpc) is 3.13. The van der Waals surface area contributed by atoms with Gasteiger partial charge in [0.25, 0.3) is 5.91 Å². The van der Waals surface area contributed by atoms with Crippen molar-refractivity contribution in [3.63, 3.8) is 0 Å². The Morgan fingerprint density at radius 2 is 1.95 bits per heavy atom. The van der Waals surface area contributed by atoms with Crippen LogP contribution < -0.4 is 0 Å². The lowest BCUT2D eigenvalue weighted by Crippen LogP contribution is -2.47. The highest BCUT2D eigenvalue weighted by Crippen LogP contribution is 2.41. The Bertz CT molecular complexity index is 668. The summed E-state index contributed by atoms with van der Waals surface area (Å²) in [6, 6.07) is 8.96. The van der Waals surface area contributed by atoms with Crippen molar-refractivity contribution in [2.75, 3.05) is 0 Å². The molecule has 2 aromatic rings. The van der Waals surface area contributed by atoms with E-state index in [1.54, 1.807) is 12.7 Å². The quantitative estimate of drug-likeness (QED) is 0.856. The van der Waals surface area contributed by atoms with Gasteiger partial charge in [-0.05, 0) is 44.7 Å². The van der Waals surface area contributed by atoms with Crippen molar-refractivity contribution < 1.29 is 4.79 Å². The minimum absolute atomic E-state index is 0.188. The normalized spacial score (nSPS) is 27.1. The number of carbonyl (C=O) groups excluding carboxylic acids is 1. The highest BCUT2D eigenvalue weighted by atomic mass is 16.2. The maximum Gasteiger partial charge on any atom is 0.254 e. The standard InChI is InChI=1S/C17H20N4O/c1-12-3-2-4-13(7-12)17(22)21-14-5-6-15(21)9-16(8-14)20-11-18-10-19-20/h2-4,7,10-11,14-16H,5-6,8-9H2,1H3. The maximum absolute atomic E-state index is 12.9. The van der Waals surface area contributed by atoms with E-state index in [9.17, 15) is 4.79 Å². The fraction of sp³-hybridized carbons (Fsp3) is 0.471. The molecular formula is C17H20N4O. The molecule has 3 heterocycles. The van der Waals surface area contributed by atoms with Crippen LogP contribution in [0.4, 0.5) is 0 Å². The maximum atomic E-state index is 12.9. The summed E-state index contributed by atoms with van der Waals surface area (Å²) in [4.78, 5) is 19.1. The van der Waals surface area contributed by atoms with Crippen LogP contribution in [0, 0.1) is 6.92 Å². The minimum Gasteiger partial charge on any atom is -0.333 e. The van der Waals surface area contributed by atoms with E-state index in [-0.39, 0.29) is 5.91 Å². The van der Waals surface area contributed by atoms with Gasteiger partial charge in [0.2, 0.25) is 0 Å². The number of amides is 1.